The lowest BCUT2D eigenvalue weighted by Crippen LogP contribution is -2.40. The molecule has 160 valence electrons. The van der Waals surface area contributed by atoms with Crippen LogP contribution in [0.5, 0.6) is 0 Å². The second-order valence-electron chi connectivity index (χ2n) is 9.42. The van der Waals surface area contributed by atoms with Crippen molar-refractivity contribution in [3.63, 3.8) is 0 Å². The molecule has 3 aliphatic rings. The number of hydrogen-bond acceptors (Lipinski definition) is 3. The molecule has 1 spiro atoms. The van der Waals surface area contributed by atoms with E-state index in [1.165, 1.54) is 54.2 Å². The van der Waals surface area contributed by atoms with E-state index in [9.17, 15) is 4.79 Å². The monoisotopic (exact) mass is 413 g/mol. The molecule has 1 heterocycles. The van der Waals surface area contributed by atoms with Crippen LogP contribution in [0.25, 0.3) is 6.08 Å². The van der Waals surface area contributed by atoms with E-state index in [-0.39, 0.29) is 11.4 Å². The zero-order chi connectivity index (χ0) is 21.6. The van der Waals surface area contributed by atoms with Crippen LogP contribution in [0.4, 0.5) is 0 Å². The predicted octanol–water partition coefficient (Wildman–Crippen LogP) is 5.99. The van der Waals surface area contributed by atoms with Gasteiger partial charge in [0, 0.05) is 18.0 Å². The van der Waals surface area contributed by atoms with E-state index in [0.29, 0.717) is 17.5 Å². The normalized spacial score (nSPS) is 26.8. The summed E-state index contributed by atoms with van der Waals surface area (Å²) in [4.78, 5) is 14.4. The molecule has 3 heteroatoms. The van der Waals surface area contributed by atoms with Crippen LogP contribution in [0.15, 0.2) is 60.3 Å². The lowest BCUT2D eigenvalue weighted by Gasteiger charge is -2.41. The van der Waals surface area contributed by atoms with Gasteiger partial charge in [0.25, 0.3) is 0 Å². The van der Waals surface area contributed by atoms with E-state index < -0.39 is 0 Å². The fourth-order valence-electron chi connectivity index (χ4n) is 6.07. The minimum atomic E-state index is -0.260. The average Bonchev–Trinajstić information content (AvgIpc) is 3.42. The topological polar surface area (TPSA) is 29.5 Å². The van der Waals surface area contributed by atoms with Crippen LogP contribution in [0.1, 0.15) is 71.1 Å². The molecule has 0 amide bonds. The Balaban J connectivity index is 1.32. The summed E-state index contributed by atoms with van der Waals surface area (Å²) in [5, 5.41) is 0. The van der Waals surface area contributed by atoms with Gasteiger partial charge in [0.2, 0.25) is 0 Å². The molecule has 2 aromatic rings. The van der Waals surface area contributed by atoms with Gasteiger partial charge in [-0.3, -0.25) is 0 Å². The summed E-state index contributed by atoms with van der Waals surface area (Å²) in [6.07, 6.45) is 11.9. The summed E-state index contributed by atoms with van der Waals surface area (Å²) in [5.41, 5.74) is 7.61. The summed E-state index contributed by atoms with van der Waals surface area (Å²) in [6.45, 7) is 5.53. The van der Waals surface area contributed by atoms with Crippen LogP contribution >= 0.6 is 0 Å². The van der Waals surface area contributed by atoms with Crippen LogP contribution in [0.3, 0.4) is 0 Å². The van der Waals surface area contributed by atoms with Crippen molar-refractivity contribution in [2.45, 2.75) is 56.9 Å². The molecule has 0 N–H and O–H groups in total. The van der Waals surface area contributed by atoms with E-state index in [2.05, 4.69) is 67.4 Å². The van der Waals surface area contributed by atoms with Gasteiger partial charge in [-0.25, -0.2) is 4.79 Å². The number of rotatable bonds is 3. The van der Waals surface area contributed by atoms with E-state index in [1.807, 2.05) is 12.1 Å². The quantitative estimate of drug-likeness (QED) is 0.579. The number of benzene rings is 2. The fourth-order valence-corrected chi connectivity index (χ4v) is 6.07. The molecular weight excluding hydrogens is 382 g/mol. The SMILES string of the molecule is COC(=O)c1ccc(C2CCC(N3C=C(C)C4(C=Cc5ccccc54)CC3)C2)c(C)c1. The highest BCUT2D eigenvalue weighted by Crippen LogP contribution is 2.48. The minimum absolute atomic E-state index is 0.0887. The zero-order valence-electron chi connectivity index (χ0n) is 18.7. The molecule has 2 aromatic carbocycles. The van der Waals surface area contributed by atoms with E-state index in [1.54, 1.807) is 0 Å². The highest BCUT2D eigenvalue weighted by molar-refractivity contribution is 5.89. The van der Waals surface area contributed by atoms with Crippen molar-refractivity contribution in [2.75, 3.05) is 13.7 Å². The van der Waals surface area contributed by atoms with Crippen LogP contribution in [0.2, 0.25) is 0 Å². The molecule has 0 bridgehead atoms. The van der Waals surface area contributed by atoms with Gasteiger partial charge >= 0.3 is 5.97 Å². The Labute approximate surface area is 185 Å². The third-order valence-electron chi connectivity index (χ3n) is 7.82. The first kappa shape index (κ1) is 20.1. The summed E-state index contributed by atoms with van der Waals surface area (Å²) < 4.78 is 4.87. The number of esters is 1. The van der Waals surface area contributed by atoms with Gasteiger partial charge in [0.05, 0.1) is 12.7 Å². The molecule has 1 saturated carbocycles. The number of carbonyl (C=O) groups excluding carboxylic acids is 1. The predicted molar refractivity (Wildman–Crippen MR) is 125 cm³/mol. The lowest BCUT2D eigenvalue weighted by molar-refractivity contribution is 0.0600. The standard InChI is InChI=1S/C28H31NO2/c1-19-16-23(27(30)31-3)9-11-25(19)22-8-10-24(17-22)29-15-14-28(20(2)18-29)13-12-21-6-4-5-7-26(21)28/h4-7,9,11-13,16,18,22,24H,8,10,14-15,17H2,1-3H3. The van der Waals surface area contributed by atoms with Gasteiger partial charge in [-0.1, -0.05) is 42.5 Å². The van der Waals surface area contributed by atoms with Crippen LogP contribution in [-0.2, 0) is 10.2 Å². The number of allylic oxidation sites excluding steroid dienone is 2. The maximum absolute atomic E-state index is 11.8. The largest absolute Gasteiger partial charge is 0.465 e. The Bertz CT molecular complexity index is 1080. The maximum Gasteiger partial charge on any atom is 0.337 e. The molecule has 3 unspecified atom stereocenters. The van der Waals surface area contributed by atoms with Crippen molar-refractivity contribution in [1.82, 2.24) is 4.90 Å². The minimum Gasteiger partial charge on any atom is -0.465 e. The molecule has 5 rings (SSSR count). The highest BCUT2D eigenvalue weighted by Gasteiger charge is 2.41. The first-order valence-corrected chi connectivity index (χ1v) is 11.4. The second kappa shape index (κ2) is 7.71. The molecule has 2 aliphatic carbocycles. The molecule has 0 saturated heterocycles. The Hall–Kier alpha value is -2.81. The van der Waals surface area contributed by atoms with Gasteiger partial charge in [0.1, 0.15) is 0 Å². The van der Waals surface area contributed by atoms with Crippen molar-refractivity contribution >= 4 is 12.0 Å². The third-order valence-corrected chi connectivity index (χ3v) is 7.82. The molecule has 3 atom stereocenters. The van der Waals surface area contributed by atoms with E-state index in [4.69, 9.17) is 4.74 Å². The van der Waals surface area contributed by atoms with E-state index in [0.717, 1.165) is 13.0 Å². The zero-order valence-corrected chi connectivity index (χ0v) is 18.7. The van der Waals surface area contributed by atoms with Crippen LogP contribution in [-0.4, -0.2) is 30.6 Å². The van der Waals surface area contributed by atoms with Crippen LogP contribution < -0.4 is 0 Å². The summed E-state index contributed by atoms with van der Waals surface area (Å²) in [5.74, 6) is 0.303. The lowest BCUT2D eigenvalue weighted by atomic mass is 9.72. The van der Waals surface area contributed by atoms with Crippen molar-refractivity contribution in [3.8, 4) is 0 Å². The van der Waals surface area contributed by atoms with Gasteiger partial charge < -0.3 is 9.64 Å². The Morgan fingerprint density at radius 3 is 2.74 bits per heavy atom. The maximum atomic E-state index is 11.8. The van der Waals surface area contributed by atoms with Crippen molar-refractivity contribution in [1.29, 1.82) is 0 Å². The number of hydrogen-bond donors (Lipinski definition) is 0. The van der Waals surface area contributed by atoms with Crippen molar-refractivity contribution < 1.29 is 9.53 Å². The van der Waals surface area contributed by atoms with Crippen molar-refractivity contribution in [3.05, 3.63) is 88.1 Å². The first-order valence-electron chi connectivity index (χ1n) is 11.4. The van der Waals surface area contributed by atoms with Gasteiger partial charge in [-0.05, 0) is 91.6 Å². The third kappa shape index (κ3) is 3.31. The van der Waals surface area contributed by atoms with E-state index >= 15 is 0 Å². The molecule has 1 fully saturated rings. The average molecular weight is 414 g/mol. The Kier molecular flexibility index (Phi) is 5.00. The fraction of sp³-hybridized carbons (Fsp3) is 0.393. The first-order chi connectivity index (χ1) is 15.0. The van der Waals surface area contributed by atoms with Gasteiger partial charge in [-0.2, -0.15) is 0 Å². The van der Waals surface area contributed by atoms with Gasteiger partial charge in [-0.15, -0.1) is 0 Å². The summed E-state index contributed by atoms with van der Waals surface area (Å²) in [6, 6.07) is 15.5. The number of aryl methyl sites for hydroxylation is 1. The Morgan fingerprint density at radius 2 is 1.97 bits per heavy atom. The molecule has 0 aromatic heterocycles. The smallest absolute Gasteiger partial charge is 0.337 e. The molecule has 0 radical (unpaired) electrons. The number of ether oxygens (including phenoxy) is 1. The molecular formula is C28H31NO2. The highest BCUT2D eigenvalue weighted by atomic mass is 16.5. The Morgan fingerprint density at radius 1 is 1.13 bits per heavy atom. The number of methoxy groups -OCH3 is 1. The second-order valence-corrected chi connectivity index (χ2v) is 9.42. The summed E-state index contributed by atoms with van der Waals surface area (Å²) >= 11 is 0. The van der Waals surface area contributed by atoms with Crippen LogP contribution in [0, 0.1) is 6.92 Å². The van der Waals surface area contributed by atoms with Crippen molar-refractivity contribution in [2.24, 2.45) is 0 Å². The number of nitrogens with zero attached hydrogens (tertiary/aromatic N) is 1. The summed E-state index contributed by atoms with van der Waals surface area (Å²) in [7, 11) is 1.44. The molecule has 1 aliphatic heterocycles. The number of carbonyl (C=O) groups is 1. The molecule has 31 heavy (non-hydrogen) atoms. The molecule has 3 nitrogen and oxygen atoms in total. The van der Waals surface area contributed by atoms with Gasteiger partial charge in [0.15, 0.2) is 0 Å². The number of fused-ring (bicyclic) bond motifs is 2.